The molecule has 0 radical (unpaired) electrons. The van der Waals surface area contributed by atoms with Crippen LogP contribution in [0.2, 0.25) is 0 Å². The van der Waals surface area contributed by atoms with Crippen molar-refractivity contribution in [3.63, 3.8) is 0 Å². The van der Waals surface area contributed by atoms with E-state index < -0.39 is 0 Å². The number of fused-ring (bicyclic) bond motifs is 5. The van der Waals surface area contributed by atoms with Gasteiger partial charge in [0.25, 0.3) is 0 Å². The first-order valence-electron chi connectivity index (χ1n) is 9.21. The Kier molecular flexibility index (Phi) is 3.05. The summed E-state index contributed by atoms with van der Waals surface area (Å²) in [7, 11) is 0. The van der Waals surface area contributed by atoms with E-state index in [1.807, 2.05) is 0 Å². The van der Waals surface area contributed by atoms with Crippen LogP contribution in [-0.2, 0) is 0 Å². The molecule has 4 aliphatic rings. The first kappa shape index (κ1) is 13.6. The van der Waals surface area contributed by atoms with Crippen molar-refractivity contribution < 1.29 is 5.11 Å². The van der Waals surface area contributed by atoms with Gasteiger partial charge in [0.2, 0.25) is 0 Å². The molecule has 0 amide bonds. The molecule has 4 saturated carbocycles. The van der Waals surface area contributed by atoms with Gasteiger partial charge in [-0.05, 0) is 92.3 Å². The fourth-order valence-electron chi connectivity index (χ4n) is 7.23. The Balaban J connectivity index is 1.62. The number of hydrogen-bond acceptors (Lipinski definition) is 1. The van der Waals surface area contributed by atoms with E-state index in [-0.39, 0.29) is 6.10 Å². The molecule has 4 aliphatic carbocycles. The van der Waals surface area contributed by atoms with E-state index >= 15 is 0 Å². The monoisotopic (exact) mass is 276 g/mol. The maximum atomic E-state index is 10.0. The van der Waals surface area contributed by atoms with E-state index in [0.29, 0.717) is 10.8 Å². The number of rotatable bonds is 0. The van der Waals surface area contributed by atoms with Crippen LogP contribution in [0, 0.1) is 34.5 Å². The van der Waals surface area contributed by atoms with Crippen molar-refractivity contribution in [2.24, 2.45) is 34.5 Å². The van der Waals surface area contributed by atoms with Crippen LogP contribution in [0.5, 0.6) is 0 Å². The van der Waals surface area contributed by atoms with E-state index in [1.54, 1.807) is 0 Å². The third-order valence-electron chi connectivity index (χ3n) is 8.42. The third-order valence-corrected chi connectivity index (χ3v) is 8.42. The summed E-state index contributed by atoms with van der Waals surface area (Å²) in [6, 6.07) is 0. The van der Waals surface area contributed by atoms with Crippen molar-refractivity contribution in [3.8, 4) is 0 Å². The van der Waals surface area contributed by atoms with Crippen molar-refractivity contribution in [2.45, 2.75) is 84.2 Å². The molecular formula is C19H32O. The molecule has 1 N–H and O–H groups in total. The van der Waals surface area contributed by atoms with Crippen LogP contribution < -0.4 is 0 Å². The molecular weight excluding hydrogens is 244 g/mol. The van der Waals surface area contributed by atoms with Crippen molar-refractivity contribution in [2.75, 3.05) is 0 Å². The van der Waals surface area contributed by atoms with Crippen molar-refractivity contribution >= 4 is 0 Å². The van der Waals surface area contributed by atoms with Crippen LogP contribution in [0.4, 0.5) is 0 Å². The van der Waals surface area contributed by atoms with Gasteiger partial charge in [-0.2, -0.15) is 0 Å². The van der Waals surface area contributed by atoms with Gasteiger partial charge in [0.1, 0.15) is 0 Å². The quantitative estimate of drug-likeness (QED) is 0.675. The minimum absolute atomic E-state index is 0.00459. The predicted octanol–water partition coefficient (Wildman–Crippen LogP) is 4.78. The minimum atomic E-state index is 0.00459. The second kappa shape index (κ2) is 4.48. The molecule has 4 fully saturated rings. The topological polar surface area (TPSA) is 20.2 Å². The highest BCUT2D eigenvalue weighted by Gasteiger charge is 2.57. The molecule has 0 aliphatic heterocycles. The van der Waals surface area contributed by atoms with E-state index in [1.165, 1.54) is 51.4 Å². The predicted molar refractivity (Wildman–Crippen MR) is 82.4 cm³/mol. The molecule has 0 spiro atoms. The molecule has 2 unspecified atom stereocenters. The fourth-order valence-corrected chi connectivity index (χ4v) is 7.23. The van der Waals surface area contributed by atoms with E-state index in [0.717, 1.165) is 36.5 Å². The van der Waals surface area contributed by atoms with Crippen LogP contribution in [0.25, 0.3) is 0 Å². The Bertz CT molecular complexity index is 391. The van der Waals surface area contributed by atoms with Gasteiger partial charge >= 0.3 is 0 Å². The smallest absolute Gasteiger partial charge is 0.0543 e. The van der Waals surface area contributed by atoms with Gasteiger partial charge in [0, 0.05) is 0 Å². The second-order valence-corrected chi connectivity index (χ2v) is 9.17. The van der Waals surface area contributed by atoms with Gasteiger partial charge in [-0.15, -0.1) is 0 Å². The lowest BCUT2D eigenvalue weighted by Gasteiger charge is -2.60. The highest BCUT2D eigenvalue weighted by molar-refractivity contribution is 5.07. The summed E-state index contributed by atoms with van der Waals surface area (Å²) >= 11 is 0. The van der Waals surface area contributed by atoms with Crippen molar-refractivity contribution in [1.29, 1.82) is 0 Å². The number of aliphatic hydroxyl groups excluding tert-OH is 1. The largest absolute Gasteiger partial charge is 0.393 e. The van der Waals surface area contributed by atoms with Crippen LogP contribution in [-0.4, -0.2) is 11.2 Å². The molecule has 20 heavy (non-hydrogen) atoms. The van der Waals surface area contributed by atoms with Gasteiger partial charge < -0.3 is 5.11 Å². The Hall–Kier alpha value is -0.0400. The summed E-state index contributed by atoms with van der Waals surface area (Å²) < 4.78 is 0. The van der Waals surface area contributed by atoms with Gasteiger partial charge in [-0.3, -0.25) is 0 Å². The number of hydrogen-bond donors (Lipinski definition) is 1. The van der Waals surface area contributed by atoms with Gasteiger partial charge in [-0.25, -0.2) is 0 Å². The Morgan fingerprint density at radius 3 is 2.55 bits per heavy atom. The van der Waals surface area contributed by atoms with Gasteiger partial charge in [-0.1, -0.05) is 20.3 Å². The summed E-state index contributed by atoms with van der Waals surface area (Å²) in [5.74, 6) is 3.85. The van der Waals surface area contributed by atoms with Crippen LogP contribution >= 0.6 is 0 Å². The first-order chi connectivity index (χ1) is 9.53. The molecule has 0 aromatic carbocycles. The van der Waals surface area contributed by atoms with Crippen LogP contribution in [0.15, 0.2) is 0 Å². The molecule has 0 aromatic rings. The highest BCUT2D eigenvalue weighted by atomic mass is 16.3. The molecule has 0 aromatic heterocycles. The SMILES string of the molecule is C[C@@]12CCC[C@H]1[C@@H]1CCC3CC(O)CC[C@]3(C)[C@@H]1CC2. The molecule has 1 nitrogen and oxygen atoms in total. The molecule has 0 heterocycles. The van der Waals surface area contributed by atoms with Gasteiger partial charge in [0.15, 0.2) is 0 Å². The van der Waals surface area contributed by atoms with Crippen molar-refractivity contribution in [3.05, 3.63) is 0 Å². The molecule has 7 atom stereocenters. The fraction of sp³-hybridized carbons (Fsp3) is 1.00. The second-order valence-electron chi connectivity index (χ2n) is 9.17. The summed E-state index contributed by atoms with van der Waals surface area (Å²) in [6.07, 6.45) is 13.8. The molecule has 114 valence electrons. The standard InChI is InChI=1S/C19H32O/c1-18-9-3-4-16(18)15-6-5-13-12-14(20)7-11-19(13,2)17(15)8-10-18/h13-17,20H,3-12H2,1-2H3/t13?,14?,15-,16-,17+,18-,19-/m0/s1. The third kappa shape index (κ3) is 1.77. The van der Waals surface area contributed by atoms with E-state index in [2.05, 4.69) is 13.8 Å². The summed E-state index contributed by atoms with van der Waals surface area (Å²) in [6.45, 7) is 5.19. The summed E-state index contributed by atoms with van der Waals surface area (Å²) in [5.41, 5.74) is 1.25. The van der Waals surface area contributed by atoms with Crippen molar-refractivity contribution in [1.82, 2.24) is 0 Å². The molecule has 0 saturated heterocycles. The minimum Gasteiger partial charge on any atom is -0.393 e. The lowest BCUT2D eigenvalue weighted by atomic mass is 9.45. The summed E-state index contributed by atoms with van der Waals surface area (Å²) in [5, 5.41) is 10.0. The molecule has 4 rings (SSSR count). The Morgan fingerprint density at radius 1 is 0.850 bits per heavy atom. The lowest BCUT2D eigenvalue weighted by molar-refractivity contribution is -0.120. The number of aliphatic hydroxyl groups is 1. The molecule has 0 bridgehead atoms. The zero-order chi connectivity index (χ0) is 14.0. The maximum absolute atomic E-state index is 10.0. The first-order valence-corrected chi connectivity index (χ1v) is 9.21. The Morgan fingerprint density at radius 2 is 1.70 bits per heavy atom. The van der Waals surface area contributed by atoms with Gasteiger partial charge in [0.05, 0.1) is 6.10 Å². The zero-order valence-corrected chi connectivity index (χ0v) is 13.4. The van der Waals surface area contributed by atoms with E-state index in [4.69, 9.17) is 0 Å². The van der Waals surface area contributed by atoms with Crippen LogP contribution in [0.3, 0.4) is 0 Å². The normalized spacial score (nSPS) is 58.6. The average molecular weight is 276 g/mol. The summed E-state index contributed by atoms with van der Waals surface area (Å²) in [4.78, 5) is 0. The van der Waals surface area contributed by atoms with E-state index in [9.17, 15) is 5.11 Å². The lowest BCUT2D eigenvalue weighted by Crippen LogP contribution is -2.53. The Labute approximate surface area is 124 Å². The highest BCUT2D eigenvalue weighted by Crippen LogP contribution is 2.66. The maximum Gasteiger partial charge on any atom is 0.0543 e. The van der Waals surface area contributed by atoms with Crippen LogP contribution in [0.1, 0.15) is 78.1 Å². The zero-order valence-electron chi connectivity index (χ0n) is 13.4. The molecule has 1 heteroatoms. The average Bonchev–Trinajstić information content (AvgIpc) is 2.81.